The van der Waals surface area contributed by atoms with Crippen molar-refractivity contribution in [2.75, 3.05) is 7.05 Å². The van der Waals surface area contributed by atoms with E-state index in [1.165, 1.54) is 12.8 Å². The second-order valence-corrected chi connectivity index (χ2v) is 5.61. The Balaban J connectivity index is 1.49. The summed E-state index contributed by atoms with van der Waals surface area (Å²) >= 11 is 0. The summed E-state index contributed by atoms with van der Waals surface area (Å²) in [6.45, 7) is 0.502. The zero-order valence-corrected chi connectivity index (χ0v) is 12.2. The molecule has 1 saturated carbocycles. The average molecular weight is 285 g/mol. The van der Waals surface area contributed by atoms with E-state index in [2.05, 4.69) is 10.1 Å². The van der Waals surface area contributed by atoms with Crippen LogP contribution in [0.3, 0.4) is 0 Å². The van der Waals surface area contributed by atoms with Crippen molar-refractivity contribution < 1.29 is 9.32 Å². The van der Waals surface area contributed by atoms with Gasteiger partial charge in [0.1, 0.15) is 11.5 Å². The van der Waals surface area contributed by atoms with Gasteiger partial charge in [0.25, 0.3) is 0 Å². The molecular formula is C16H19N3O2. The van der Waals surface area contributed by atoms with Gasteiger partial charge in [-0.2, -0.15) is 0 Å². The summed E-state index contributed by atoms with van der Waals surface area (Å²) in [5.74, 6) is 1.62. The van der Waals surface area contributed by atoms with E-state index in [0.717, 1.165) is 17.0 Å². The van der Waals surface area contributed by atoms with E-state index in [0.29, 0.717) is 25.3 Å². The number of pyridine rings is 1. The third kappa shape index (κ3) is 3.68. The minimum absolute atomic E-state index is 0.106. The fourth-order valence-electron chi connectivity index (χ4n) is 2.28. The number of aromatic nitrogens is 2. The number of hydrogen-bond donors (Lipinski definition) is 0. The summed E-state index contributed by atoms with van der Waals surface area (Å²) in [5.41, 5.74) is 1.91. The number of amides is 1. The van der Waals surface area contributed by atoms with Crippen LogP contribution in [0.25, 0.3) is 0 Å². The summed E-state index contributed by atoms with van der Waals surface area (Å²) in [6.07, 6.45) is 7.11. The fraction of sp³-hybridized carbons (Fsp3) is 0.438. The number of carbonyl (C=O) groups is 1. The maximum atomic E-state index is 12.1. The van der Waals surface area contributed by atoms with Gasteiger partial charge in [0.2, 0.25) is 5.91 Å². The Labute approximate surface area is 124 Å². The molecule has 0 aliphatic heterocycles. The number of rotatable bonds is 6. The van der Waals surface area contributed by atoms with Gasteiger partial charge in [0.15, 0.2) is 0 Å². The molecule has 0 radical (unpaired) electrons. The van der Waals surface area contributed by atoms with Crippen molar-refractivity contribution in [3.63, 3.8) is 0 Å². The molecule has 0 atom stereocenters. The summed E-state index contributed by atoms with van der Waals surface area (Å²) < 4.78 is 5.30. The summed E-state index contributed by atoms with van der Waals surface area (Å²) in [7, 11) is 1.80. The molecule has 1 aliphatic rings. The van der Waals surface area contributed by atoms with Crippen molar-refractivity contribution in [1.82, 2.24) is 15.0 Å². The normalized spacial score (nSPS) is 14.1. The number of aryl methyl sites for hydroxylation is 1. The van der Waals surface area contributed by atoms with Crippen LogP contribution in [0, 0.1) is 0 Å². The lowest BCUT2D eigenvalue weighted by molar-refractivity contribution is -0.130. The lowest BCUT2D eigenvalue weighted by atomic mass is 10.1. The quantitative estimate of drug-likeness (QED) is 0.818. The molecule has 0 N–H and O–H groups in total. The van der Waals surface area contributed by atoms with E-state index in [-0.39, 0.29) is 5.91 Å². The molecular weight excluding hydrogens is 266 g/mol. The van der Waals surface area contributed by atoms with Crippen molar-refractivity contribution in [1.29, 1.82) is 0 Å². The molecule has 5 nitrogen and oxygen atoms in total. The lowest BCUT2D eigenvalue weighted by Gasteiger charge is -2.15. The van der Waals surface area contributed by atoms with Crippen LogP contribution < -0.4 is 0 Å². The molecule has 2 heterocycles. The van der Waals surface area contributed by atoms with Crippen molar-refractivity contribution in [3.05, 3.63) is 47.6 Å². The highest BCUT2D eigenvalue weighted by molar-refractivity contribution is 5.76. The van der Waals surface area contributed by atoms with Crippen LogP contribution in [0.2, 0.25) is 0 Å². The van der Waals surface area contributed by atoms with Crippen molar-refractivity contribution in [2.24, 2.45) is 0 Å². The van der Waals surface area contributed by atoms with Crippen LogP contribution in [-0.2, 0) is 17.8 Å². The maximum absolute atomic E-state index is 12.1. The lowest BCUT2D eigenvalue weighted by Crippen LogP contribution is -2.26. The van der Waals surface area contributed by atoms with E-state index in [4.69, 9.17) is 4.52 Å². The predicted octanol–water partition coefficient (Wildman–Crippen LogP) is 2.54. The molecule has 0 saturated heterocycles. The van der Waals surface area contributed by atoms with E-state index in [1.54, 1.807) is 24.3 Å². The molecule has 3 rings (SSSR count). The zero-order chi connectivity index (χ0) is 14.7. The monoisotopic (exact) mass is 285 g/mol. The Hall–Kier alpha value is -2.17. The van der Waals surface area contributed by atoms with Gasteiger partial charge in [0, 0.05) is 37.8 Å². The molecule has 0 bridgehead atoms. The van der Waals surface area contributed by atoms with Gasteiger partial charge in [-0.1, -0.05) is 11.2 Å². The van der Waals surface area contributed by atoms with E-state index in [9.17, 15) is 4.79 Å². The van der Waals surface area contributed by atoms with Crippen LogP contribution in [0.1, 0.15) is 42.2 Å². The van der Waals surface area contributed by atoms with Crippen LogP contribution in [0.5, 0.6) is 0 Å². The zero-order valence-electron chi connectivity index (χ0n) is 12.2. The van der Waals surface area contributed by atoms with Crippen LogP contribution >= 0.6 is 0 Å². The maximum Gasteiger partial charge on any atom is 0.222 e. The van der Waals surface area contributed by atoms with E-state index < -0.39 is 0 Å². The highest BCUT2D eigenvalue weighted by Gasteiger charge is 2.28. The molecule has 21 heavy (non-hydrogen) atoms. The first-order chi connectivity index (χ1) is 10.2. The highest BCUT2D eigenvalue weighted by atomic mass is 16.5. The Morgan fingerprint density at radius 1 is 1.48 bits per heavy atom. The topological polar surface area (TPSA) is 59.2 Å². The van der Waals surface area contributed by atoms with Gasteiger partial charge >= 0.3 is 0 Å². The van der Waals surface area contributed by atoms with Crippen molar-refractivity contribution in [3.8, 4) is 0 Å². The average Bonchev–Trinajstić information content (AvgIpc) is 3.26. The fourth-order valence-corrected chi connectivity index (χ4v) is 2.28. The van der Waals surface area contributed by atoms with Crippen LogP contribution in [-0.4, -0.2) is 28.0 Å². The van der Waals surface area contributed by atoms with Gasteiger partial charge in [-0.15, -0.1) is 0 Å². The standard InChI is InChI=1S/C16H19N3O2/c1-19(11-14-9-15(21-18-14)13-5-6-13)16(20)7-4-12-3-2-8-17-10-12/h2-3,8-10,13H,4-7,11H2,1H3. The Kier molecular flexibility index (Phi) is 3.99. The van der Waals surface area contributed by atoms with Crippen LogP contribution in [0.15, 0.2) is 35.1 Å². The second kappa shape index (κ2) is 6.08. The van der Waals surface area contributed by atoms with Crippen molar-refractivity contribution in [2.45, 2.75) is 38.1 Å². The molecule has 110 valence electrons. The van der Waals surface area contributed by atoms with Crippen LogP contribution in [0.4, 0.5) is 0 Å². The van der Waals surface area contributed by atoms with Gasteiger partial charge in [-0.05, 0) is 30.9 Å². The van der Waals surface area contributed by atoms with E-state index in [1.807, 2.05) is 18.2 Å². The Morgan fingerprint density at radius 3 is 3.05 bits per heavy atom. The predicted molar refractivity (Wildman–Crippen MR) is 77.5 cm³/mol. The molecule has 1 amide bonds. The molecule has 0 unspecified atom stereocenters. The number of nitrogens with zero attached hydrogens (tertiary/aromatic N) is 3. The first-order valence-corrected chi connectivity index (χ1v) is 7.31. The van der Waals surface area contributed by atoms with Gasteiger partial charge in [-0.25, -0.2) is 0 Å². The smallest absolute Gasteiger partial charge is 0.222 e. The minimum Gasteiger partial charge on any atom is -0.361 e. The molecule has 2 aromatic heterocycles. The third-order valence-corrected chi connectivity index (χ3v) is 3.73. The molecule has 0 spiro atoms. The Morgan fingerprint density at radius 2 is 2.33 bits per heavy atom. The highest BCUT2D eigenvalue weighted by Crippen LogP contribution is 2.40. The first kappa shape index (κ1) is 13.8. The van der Waals surface area contributed by atoms with Gasteiger partial charge in [0.05, 0.1) is 6.54 Å². The minimum atomic E-state index is 0.106. The van der Waals surface area contributed by atoms with E-state index >= 15 is 0 Å². The summed E-state index contributed by atoms with van der Waals surface area (Å²) in [6, 6.07) is 5.85. The summed E-state index contributed by atoms with van der Waals surface area (Å²) in [5, 5.41) is 4.04. The first-order valence-electron chi connectivity index (χ1n) is 7.31. The number of carbonyl (C=O) groups excluding carboxylic acids is 1. The van der Waals surface area contributed by atoms with Crippen molar-refractivity contribution >= 4 is 5.91 Å². The second-order valence-electron chi connectivity index (χ2n) is 5.61. The Bertz CT molecular complexity index is 605. The summed E-state index contributed by atoms with van der Waals surface area (Å²) in [4.78, 5) is 17.9. The molecule has 0 aromatic carbocycles. The molecule has 2 aromatic rings. The molecule has 1 fully saturated rings. The van der Waals surface area contributed by atoms with Gasteiger partial charge in [-0.3, -0.25) is 9.78 Å². The third-order valence-electron chi connectivity index (χ3n) is 3.73. The SMILES string of the molecule is CN(Cc1cc(C2CC2)on1)C(=O)CCc1cccnc1. The molecule has 1 aliphatic carbocycles. The largest absolute Gasteiger partial charge is 0.361 e. The number of hydrogen-bond acceptors (Lipinski definition) is 4. The van der Waals surface area contributed by atoms with Gasteiger partial charge < -0.3 is 9.42 Å². The molecule has 5 heteroatoms.